The van der Waals surface area contributed by atoms with E-state index in [2.05, 4.69) is 10.0 Å². The number of carbonyl (C=O) groups is 1. The van der Waals surface area contributed by atoms with Crippen molar-refractivity contribution in [3.8, 4) is 0 Å². The van der Waals surface area contributed by atoms with Gasteiger partial charge in [-0.25, -0.2) is 13.1 Å². The molecule has 1 amide bonds. The molecular formula is C14H22N2O4S. The molecule has 0 saturated carbocycles. The molecule has 0 unspecified atom stereocenters. The second-order valence-corrected chi connectivity index (χ2v) is 7.68. The molecule has 118 valence electrons. The lowest BCUT2D eigenvalue weighted by molar-refractivity contribution is -0.114. The van der Waals surface area contributed by atoms with E-state index in [9.17, 15) is 18.3 Å². The number of amides is 1. The number of rotatable bonds is 5. The van der Waals surface area contributed by atoms with E-state index in [1.54, 1.807) is 13.8 Å². The van der Waals surface area contributed by atoms with Crippen molar-refractivity contribution in [2.45, 2.75) is 50.7 Å². The molecule has 0 spiro atoms. The van der Waals surface area contributed by atoms with Crippen LogP contribution < -0.4 is 10.0 Å². The normalized spacial score (nSPS) is 13.0. The number of sulfonamides is 1. The second-order valence-electron chi connectivity index (χ2n) is 6.00. The molecule has 0 saturated heterocycles. The smallest absolute Gasteiger partial charge is 0.241 e. The summed E-state index contributed by atoms with van der Waals surface area (Å²) in [5, 5.41) is 12.6. The van der Waals surface area contributed by atoms with Crippen LogP contribution in [-0.2, 0) is 14.8 Å². The van der Waals surface area contributed by atoms with Crippen molar-refractivity contribution < 1.29 is 18.3 Å². The van der Waals surface area contributed by atoms with Crippen LogP contribution in [0.1, 0.15) is 34.6 Å². The highest BCUT2D eigenvalue weighted by molar-refractivity contribution is 7.89. The summed E-state index contributed by atoms with van der Waals surface area (Å²) < 4.78 is 27.1. The Balaban J connectivity index is 3.01. The Morgan fingerprint density at radius 1 is 1.10 bits per heavy atom. The van der Waals surface area contributed by atoms with Gasteiger partial charge in [-0.05, 0) is 52.0 Å². The summed E-state index contributed by atoms with van der Waals surface area (Å²) in [6.07, 6.45) is 0. The molecule has 1 aromatic carbocycles. The zero-order valence-corrected chi connectivity index (χ0v) is 13.7. The maximum absolute atomic E-state index is 12.3. The van der Waals surface area contributed by atoms with E-state index in [-0.39, 0.29) is 10.8 Å². The van der Waals surface area contributed by atoms with Gasteiger partial charge in [0.2, 0.25) is 15.9 Å². The predicted molar refractivity (Wildman–Crippen MR) is 81.4 cm³/mol. The topological polar surface area (TPSA) is 95.5 Å². The maximum Gasteiger partial charge on any atom is 0.241 e. The van der Waals surface area contributed by atoms with Gasteiger partial charge in [-0.15, -0.1) is 0 Å². The summed E-state index contributed by atoms with van der Waals surface area (Å²) in [6.45, 7) is 7.66. The minimum atomic E-state index is -3.77. The Bertz CT molecular complexity index is 613. The van der Waals surface area contributed by atoms with Crippen molar-refractivity contribution in [1.82, 2.24) is 4.72 Å². The SMILES string of the molecule is CC(=O)Nc1ccc(S(=O)(=O)NC(C)(C)C(C)(C)O)cc1. The second kappa shape index (κ2) is 5.75. The molecule has 0 fully saturated rings. The van der Waals surface area contributed by atoms with Crippen molar-refractivity contribution in [3.05, 3.63) is 24.3 Å². The first kappa shape index (κ1) is 17.6. The van der Waals surface area contributed by atoms with Gasteiger partial charge < -0.3 is 10.4 Å². The van der Waals surface area contributed by atoms with Gasteiger partial charge in [0.25, 0.3) is 0 Å². The summed E-state index contributed by atoms with van der Waals surface area (Å²) in [4.78, 5) is 11.0. The van der Waals surface area contributed by atoms with Gasteiger partial charge in [0.1, 0.15) is 0 Å². The van der Waals surface area contributed by atoms with Gasteiger partial charge in [-0.1, -0.05) is 0 Å². The first-order chi connectivity index (χ1) is 9.35. The number of hydrogen-bond acceptors (Lipinski definition) is 4. The van der Waals surface area contributed by atoms with Gasteiger partial charge in [0, 0.05) is 12.6 Å². The average Bonchev–Trinajstić information content (AvgIpc) is 2.25. The highest BCUT2D eigenvalue weighted by atomic mass is 32.2. The van der Waals surface area contributed by atoms with E-state index in [1.165, 1.54) is 45.0 Å². The number of hydrogen-bond donors (Lipinski definition) is 3. The van der Waals surface area contributed by atoms with Gasteiger partial charge in [-0.3, -0.25) is 4.79 Å². The molecule has 0 radical (unpaired) electrons. The third-order valence-electron chi connectivity index (χ3n) is 3.40. The standard InChI is InChI=1S/C14H22N2O4S/c1-10(17)15-11-6-8-12(9-7-11)21(19,20)16-13(2,3)14(4,5)18/h6-9,16,18H,1-5H3,(H,15,17). The summed E-state index contributed by atoms with van der Waals surface area (Å²) in [7, 11) is -3.77. The van der Waals surface area contributed by atoms with Gasteiger partial charge in [0.05, 0.1) is 16.0 Å². The lowest BCUT2D eigenvalue weighted by Crippen LogP contribution is -2.57. The molecular weight excluding hydrogens is 292 g/mol. The molecule has 1 rings (SSSR count). The van der Waals surface area contributed by atoms with Gasteiger partial charge >= 0.3 is 0 Å². The lowest BCUT2D eigenvalue weighted by Gasteiger charge is -2.37. The van der Waals surface area contributed by atoms with Crippen molar-refractivity contribution in [3.63, 3.8) is 0 Å². The molecule has 0 aliphatic rings. The van der Waals surface area contributed by atoms with Crippen LogP contribution in [0.2, 0.25) is 0 Å². The Morgan fingerprint density at radius 2 is 1.57 bits per heavy atom. The van der Waals surface area contributed by atoms with Crippen LogP contribution >= 0.6 is 0 Å². The van der Waals surface area contributed by atoms with E-state index >= 15 is 0 Å². The Kier molecular flexibility index (Phi) is 4.82. The van der Waals surface area contributed by atoms with Crippen molar-refractivity contribution in [2.75, 3.05) is 5.32 Å². The van der Waals surface area contributed by atoms with E-state index in [4.69, 9.17) is 0 Å². The highest BCUT2D eigenvalue weighted by Gasteiger charge is 2.38. The number of benzene rings is 1. The zero-order valence-electron chi connectivity index (χ0n) is 12.9. The van der Waals surface area contributed by atoms with Crippen LogP contribution in [-0.4, -0.2) is 30.6 Å². The van der Waals surface area contributed by atoms with E-state index in [0.29, 0.717) is 5.69 Å². The molecule has 3 N–H and O–H groups in total. The lowest BCUT2D eigenvalue weighted by atomic mass is 9.87. The first-order valence-electron chi connectivity index (χ1n) is 6.49. The highest BCUT2D eigenvalue weighted by Crippen LogP contribution is 2.24. The minimum absolute atomic E-state index is 0.0638. The summed E-state index contributed by atoms with van der Waals surface area (Å²) >= 11 is 0. The molecule has 0 aliphatic carbocycles. The molecule has 0 aliphatic heterocycles. The van der Waals surface area contributed by atoms with E-state index < -0.39 is 21.2 Å². The van der Waals surface area contributed by atoms with E-state index in [0.717, 1.165) is 0 Å². The number of aliphatic hydroxyl groups is 1. The quantitative estimate of drug-likeness (QED) is 0.767. The fourth-order valence-electron chi connectivity index (χ4n) is 1.44. The van der Waals surface area contributed by atoms with Crippen LogP contribution in [0.15, 0.2) is 29.2 Å². The Labute approximate surface area is 125 Å². The van der Waals surface area contributed by atoms with Crippen LogP contribution in [0.5, 0.6) is 0 Å². The first-order valence-corrected chi connectivity index (χ1v) is 7.97. The number of anilines is 1. The van der Waals surface area contributed by atoms with Crippen molar-refractivity contribution >= 4 is 21.6 Å². The van der Waals surface area contributed by atoms with Crippen LogP contribution in [0, 0.1) is 0 Å². The molecule has 7 heteroatoms. The largest absolute Gasteiger partial charge is 0.389 e. The third kappa shape index (κ3) is 4.52. The van der Waals surface area contributed by atoms with Crippen molar-refractivity contribution in [1.29, 1.82) is 0 Å². The maximum atomic E-state index is 12.3. The summed E-state index contributed by atoms with van der Waals surface area (Å²) in [5.41, 5.74) is -1.75. The number of carbonyl (C=O) groups excluding carboxylic acids is 1. The Hall–Kier alpha value is -1.44. The zero-order chi connectivity index (χ0) is 16.5. The van der Waals surface area contributed by atoms with Gasteiger partial charge in [-0.2, -0.15) is 0 Å². The van der Waals surface area contributed by atoms with Crippen LogP contribution in [0.4, 0.5) is 5.69 Å². The van der Waals surface area contributed by atoms with E-state index in [1.807, 2.05) is 0 Å². The molecule has 6 nitrogen and oxygen atoms in total. The molecule has 0 heterocycles. The van der Waals surface area contributed by atoms with Crippen LogP contribution in [0.3, 0.4) is 0 Å². The fourth-order valence-corrected chi connectivity index (χ4v) is 2.97. The predicted octanol–water partition coefficient (Wildman–Crippen LogP) is 1.47. The molecule has 0 bridgehead atoms. The molecule has 0 aromatic heterocycles. The average molecular weight is 314 g/mol. The monoisotopic (exact) mass is 314 g/mol. The fraction of sp³-hybridized carbons (Fsp3) is 0.500. The Morgan fingerprint density at radius 3 is 1.95 bits per heavy atom. The summed E-state index contributed by atoms with van der Waals surface area (Å²) in [5.74, 6) is -0.230. The van der Waals surface area contributed by atoms with Gasteiger partial charge in [0.15, 0.2) is 0 Å². The third-order valence-corrected chi connectivity index (χ3v) is 5.08. The molecule has 21 heavy (non-hydrogen) atoms. The van der Waals surface area contributed by atoms with Crippen molar-refractivity contribution in [2.24, 2.45) is 0 Å². The number of nitrogens with one attached hydrogen (secondary N) is 2. The minimum Gasteiger partial charge on any atom is -0.389 e. The molecule has 1 aromatic rings. The van der Waals surface area contributed by atoms with Crippen LogP contribution in [0.25, 0.3) is 0 Å². The summed E-state index contributed by atoms with van der Waals surface area (Å²) in [6, 6.07) is 5.81. The molecule has 0 atom stereocenters.